The lowest BCUT2D eigenvalue weighted by atomic mass is 10.1. The number of para-hydroxylation sites is 1. The molecule has 1 atom stereocenters. The minimum Gasteiger partial charge on any atom is -0.508 e. The van der Waals surface area contributed by atoms with Gasteiger partial charge >= 0.3 is 0 Å². The molecular formula is C15H21N3O. The molecule has 102 valence electrons. The van der Waals surface area contributed by atoms with Gasteiger partial charge in [-0.25, -0.2) is 0 Å². The van der Waals surface area contributed by atoms with Gasteiger partial charge in [-0.1, -0.05) is 18.2 Å². The average molecular weight is 259 g/mol. The highest BCUT2D eigenvalue weighted by Gasteiger charge is 2.12. The van der Waals surface area contributed by atoms with Crippen LogP contribution in [0.2, 0.25) is 0 Å². The van der Waals surface area contributed by atoms with E-state index in [1.165, 1.54) is 5.56 Å². The predicted molar refractivity (Wildman–Crippen MR) is 76.0 cm³/mol. The summed E-state index contributed by atoms with van der Waals surface area (Å²) >= 11 is 0. The summed E-state index contributed by atoms with van der Waals surface area (Å²) in [5.74, 6) is 0.336. The van der Waals surface area contributed by atoms with Crippen molar-refractivity contribution in [3.63, 3.8) is 0 Å². The van der Waals surface area contributed by atoms with Crippen LogP contribution < -0.4 is 5.32 Å². The first-order valence-corrected chi connectivity index (χ1v) is 6.66. The Labute approximate surface area is 114 Å². The fraction of sp³-hybridized carbons (Fsp3) is 0.400. The fourth-order valence-electron chi connectivity index (χ4n) is 2.15. The third kappa shape index (κ3) is 3.15. The summed E-state index contributed by atoms with van der Waals surface area (Å²) in [6.45, 7) is 7.75. The molecule has 0 bridgehead atoms. The van der Waals surface area contributed by atoms with E-state index in [4.69, 9.17) is 0 Å². The molecule has 0 saturated heterocycles. The zero-order valence-electron chi connectivity index (χ0n) is 11.7. The molecule has 1 aromatic carbocycles. The number of hydrogen-bond donors (Lipinski definition) is 2. The van der Waals surface area contributed by atoms with E-state index in [-0.39, 0.29) is 6.04 Å². The summed E-state index contributed by atoms with van der Waals surface area (Å²) in [6.07, 6.45) is 2.08. The highest BCUT2D eigenvalue weighted by atomic mass is 16.3. The summed E-state index contributed by atoms with van der Waals surface area (Å²) in [5.41, 5.74) is 3.17. The fourth-order valence-corrected chi connectivity index (χ4v) is 2.15. The van der Waals surface area contributed by atoms with Crippen LogP contribution in [0.25, 0.3) is 0 Å². The smallest absolute Gasteiger partial charge is 0.120 e. The molecule has 1 unspecified atom stereocenters. The van der Waals surface area contributed by atoms with Crippen molar-refractivity contribution < 1.29 is 5.11 Å². The molecule has 1 heterocycles. The first kappa shape index (κ1) is 13.6. The van der Waals surface area contributed by atoms with Gasteiger partial charge in [-0.15, -0.1) is 0 Å². The van der Waals surface area contributed by atoms with Crippen molar-refractivity contribution in [2.75, 3.05) is 0 Å². The van der Waals surface area contributed by atoms with Gasteiger partial charge in [-0.05, 0) is 26.8 Å². The van der Waals surface area contributed by atoms with E-state index < -0.39 is 0 Å². The van der Waals surface area contributed by atoms with Gasteiger partial charge in [-0.2, -0.15) is 5.10 Å². The van der Waals surface area contributed by atoms with E-state index in [9.17, 15) is 5.11 Å². The van der Waals surface area contributed by atoms with Crippen molar-refractivity contribution in [3.05, 3.63) is 47.3 Å². The number of hydrogen-bond acceptors (Lipinski definition) is 3. The Kier molecular flexibility index (Phi) is 4.22. The lowest BCUT2D eigenvalue weighted by Crippen LogP contribution is -2.18. The van der Waals surface area contributed by atoms with Gasteiger partial charge in [0, 0.05) is 36.5 Å². The van der Waals surface area contributed by atoms with Crippen LogP contribution >= 0.6 is 0 Å². The molecule has 2 rings (SSSR count). The quantitative estimate of drug-likeness (QED) is 0.868. The standard InChI is InChI=1S/C15H21N3O/c1-4-18-10-14(12(3)17-18)11(2)16-9-13-7-5-6-8-15(13)19/h5-8,10-11,16,19H,4,9H2,1-3H3. The molecule has 0 aliphatic heterocycles. The van der Waals surface area contributed by atoms with Crippen LogP contribution in [0.3, 0.4) is 0 Å². The Morgan fingerprint density at radius 2 is 2.11 bits per heavy atom. The third-order valence-corrected chi connectivity index (χ3v) is 3.37. The number of nitrogens with one attached hydrogen (secondary N) is 1. The number of phenols is 1. The summed E-state index contributed by atoms with van der Waals surface area (Å²) in [7, 11) is 0. The van der Waals surface area contributed by atoms with E-state index in [1.54, 1.807) is 6.07 Å². The molecule has 0 fully saturated rings. The van der Waals surface area contributed by atoms with Crippen LogP contribution in [0, 0.1) is 6.92 Å². The summed E-state index contributed by atoms with van der Waals surface area (Å²) < 4.78 is 1.95. The second-order valence-corrected chi connectivity index (χ2v) is 4.76. The maximum Gasteiger partial charge on any atom is 0.120 e. The van der Waals surface area contributed by atoms with E-state index in [0.717, 1.165) is 17.8 Å². The van der Waals surface area contributed by atoms with E-state index in [1.807, 2.05) is 29.8 Å². The summed E-state index contributed by atoms with van der Waals surface area (Å²) in [5, 5.41) is 17.6. The minimum atomic E-state index is 0.208. The zero-order valence-corrected chi connectivity index (χ0v) is 11.7. The molecule has 1 aromatic heterocycles. The lowest BCUT2D eigenvalue weighted by molar-refractivity contribution is 0.460. The van der Waals surface area contributed by atoms with Crippen LogP contribution in [0.5, 0.6) is 5.75 Å². The monoisotopic (exact) mass is 259 g/mol. The summed E-state index contributed by atoms with van der Waals surface area (Å²) in [6, 6.07) is 7.61. The van der Waals surface area contributed by atoms with Crippen molar-refractivity contribution in [1.82, 2.24) is 15.1 Å². The maximum absolute atomic E-state index is 9.73. The Bertz CT molecular complexity index is 548. The molecule has 19 heavy (non-hydrogen) atoms. The Hall–Kier alpha value is -1.81. The normalized spacial score (nSPS) is 12.6. The molecule has 0 spiro atoms. The van der Waals surface area contributed by atoms with Crippen LogP contribution in [0.4, 0.5) is 0 Å². The molecule has 2 aromatic rings. The predicted octanol–water partition coefficient (Wildman–Crippen LogP) is 2.77. The third-order valence-electron chi connectivity index (χ3n) is 3.37. The number of aromatic hydroxyl groups is 1. The van der Waals surface area contributed by atoms with Gasteiger partial charge in [0.05, 0.1) is 5.69 Å². The molecule has 0 saturated carbocycles. The molecular weight excluding hydrogens is 238 g/mol. The number of benzene rings is 1. The van der Waals surface area contributed by atoms with E-state index in [2.05, 4.69) is 30.5 Å². The Morgan fingerprint density at radius 3 is 2.74 bits per heavy atom. The number of rotatable bonds is 5. The molecule has 2 N–H and O–H groups in total. The van der Waals surface area contributed by atoms with Gasteiger partial charge in [0.2, 0.25) is 0 Å². The van der Waals surface area contributed by atoms with Crippen LogP contribution in [-0.2, 0) is 13.1 Å². The highest BCUT2D eigenvalue weighted by molar-refractivity contribution is 5.31. The SMILES string of the molecule is CCn1cc(C(C)NCc2ccccc2O)c(C)n1. The minimum absolute atomic E-state index is 0.208. The second kappa shape index (κ2) is 5.89. The molecule has 0 amide bonds. The van der Waals surface area contributed by atoms with Gasteiger partial charge in [0.1, 0.15) is 5.75 Å². The maximum atomic E-state index is 9.73. The van der Waals surface area contributed by atoms with Crippen molar-refractivity contribution in [2.45, 2.75) is 39.9 Å². The van der Waals surface area contributed by atoms with Crippen molar-refractivity contribution in [2.24, 2.45) is 0 Å². The summed E-state index contributed by atoms with van der Waals surface area (Å²) in [4.78, 5) is 0. The first-order chi connectivity index (χ1) is 9.11. The number of aryl methyl sites for hydroxylation is 2. The van der Waals surface area contributed by atoms with Crippen molar-refractivity contribution in [1.29, 1.82) is 0 Å². The first-order valence-electron chi connectivity index (χ1n) is 6.66. The van der Waals surface area contributed by atoms with Gasteiger partial charge in [-0.3, -0.25) is 4.68 Å². The highest BCUT2D eigenvalue weighted by Crippen LogP contribution is 2.19. The van der Waals surface area contributed by atoms with Gasteiger partial charge < -0.3 is 10.4 Å². The molecule has 0 aliphatic carbocycles. The average Bonchev–Trinajstić information content (AvgIpc) is 2.79. The second-order valence-electron chi connectivity index (χ2n) is 4.76. The van der Waals surface area contributed by atoms with E-state index >= 15 is 0 Å². The van der Waals surface area contributed by atoms with Crippen LogP contribution in [-0.4, -0.2) is 14.9 Å². The topological polar surface area (TPSA) is 50.1 Å². The van der Waals surface area contributed by atoms with E-state index in [0.29, 0.717) is 12.3 Å². The van der Waals surface area contributed by atoms with Gasteiger partial charge in [0.25, 0.3) is 0 Å². The zero-order chi connectivity index (χ0) is 13.8. The molecule has 4 nitrogen and oxygen atoms in total. The van der Waals surface area contributed by atoms with Crippen molar-refractivity contribution in [3.8, 4) is 5.75 Å². The molecule has 0 radical (unpaired) electrons. The number of aromatic nitrogens is 2. The molecule has 4 heteroatoms. The molecule has 0 aliphatic rings. The Morgan fingerprint density at radius 1 is 1.37 bits per heavy atom. The van der Waals surface area contributed by atoms with Crippen LogP contribution in [0.15, 0.2) is 30.5 Å². The van der Waals surface area contributed by atoms with Gasteiger partial charge in [0.15, 0.2) is 0 Å². The van der Waals surface area contributed by atoms with Crippen LogP contribution in [0.1, 0.15) is 36.7 Å². The number of nitrogens with zero attached hydrogens (tertiary/aromatic N) is 2. The largest absolute Gasteiger partial charge is 0.508 e. The lowest BCUT2D eigenvalue weighted by Gasteiger charge is -2.13. The number of phenolic OH excluding ortho intramolecular Hbond substituents is 1. The van der Waals surface area contributed by atoms with Crippen molar-refractivity contribution >= 4 is 0 Å². The Balaban J connectivity index is 2.03.